The van der Waals surface area contributed by atoms with Gasteiger partial charge in [-0.1, -0.05) is 88.7 Å². The number of carbonyl (C=O) groups is 1. The average molecular weight is 883 g/mol. The molecule has 262 valence electrons. The highest BCUT2D eigenvalue weighted by molar-refractivity contribution is 14.1. The van der Waals surface area contributed by atoms with E-state index in [0.29, 0.717) is 34.8 Å². The topological polar surface area (TPSA) is 63.2 Å². The minimum atomic E-state index is -0.165. The van der Waals surface area contributed by atoms with E-state index in [0.717, 1.165) is 50.8 Å². The molecule has 3 aliphatic heterocycles. The summed E-state index contributed by atoms with van der Waals surface area (Å²) in [6.07, 6.45) is 4.01. The van der Waals surface area contributed by atoms with Gasteiger partial charge in [0.15, 0.2) is 16.7 Å². The minimum Gasteiger partial charge on any atom is -0.490 e. The van der Waals surface area contributed by atoms with Crippen molar-refractivity contribution in [3.8, 4) is 11.5 Å². The van der Waals surface area contributed by atoms with Crippen LogP contribution in [-0.4, -0.2) is 30.8 Å². The molecule has 0 bridgehead atoms. The summed E-state index contributed by atoms with van der Waals surface area (Å²) >= 11 is 7.13. The molecule has 5 aromatic rings. The van der Waals surface area contributed by atoms with Crippen LogP contribution in [0.5, 0.6) is 11.5 Å². The maximum atomic E-state index is 13.4. The van der Waals surface area contributed by atoms with Crippen molar-refractivity contribution in [2.45, 2.75) is 38.2 Å². The summed E-state index contributed by atoms with van der Waals surface area (Å²) < 4.78 is 14.2. The van der Waals surface area contributed by atoms with E-state index in [1.807, 2.05) is 49.4 Å². The lowest BCUT2D eigenvalue weighted by atomic mass is 9.76. The first-order chi connectivity index (χ1) is 25.4. The Kier molecular flexibility index (Phi) is 10.4. The number of thioether (sulfide) groups is 1. The van der Waals surface area contributed by atoms with E-state index < -0.39 is 0 Å². The van der Waals surface area contributed by atoms with E-state index in [1.54, 1.807) is 0 Å². The molecule has 6 nitrogen and oxygen atoms in total. The van der Waals surface area contributed by atoms with Crippen LogP contribution in [0.2, 0.25) is 0 Å². The van der Waals surface area contributed by atoms with Crippen molar-refractivity contribution in [1.82, 2.24) is 5.32 Å². The van der Waals surface area contributed by atoms with Crippen molar-refractivity contribution >= 4 is 78.8 Å². The molecule has 1 N–H and O–H groups in total. The van der Waals surface area contributed by atoms with Crippen molar-refractivity contribution in [1.29, 1.82) is 0 Å². The Morgan fingerprint density at radius 3 is 2.13 bits per heavy atom. The lowest BCUT2D eigenvalue weighted by Gasteiger charge is -2.43. The zero-order valence-corrected chi connectivity index (χ0v) is 33.2. The summed E-state index contributed by atoms with van der Waals surface area (Å²) in [5, 5.41) is 3.62. The zero-order chi connectivity index (χ0) is 35.6. The van der Waals surface area contributed by atoms with Gasteiger partial charge in [0.25, 0.3) is 5.91 Å². The molecule has 3 heterocycles. The largest absolute Gasteiger partial charge is 0.490 e. The Labute approximate surface area is 331 Å². The number of anilines is 1. The van der Waals surface area contributed by atoms with Gasteiger partial charge < -0.3 is 19.7 Å². The quantitative estimate of drug-likeness (QED) is 0.118. The summed E-state index contributed by atoms with van der Waals surface area (Å²) in [6, 6.07) is 38.2. The third-order valence-corrected chi connectivity index (χ3v) is 12.0. The number of amides is 1. The Balaban J connectivity index is 1.11. The normalized spacial score (nSPS) is 19.4. The number of halogens is 2. The molecule has 1 fully saturated rings. The molecular formula is C43H37BrIN3O3S. The van der Waals surface area contributed by atoms with Crippen LogP contribution in [0.1, 0.15) is 65.0 Å². The molecule has 0 aromatic heterocycles. The third-order valence-electron chi connectivity index (χ3n) is 9.81. The fraction of sp³-hybridized carbons (Fsp3) is 0.209. The van der Waals surface area contributed by atoms with E-state index in [4.69, 9.17) is 14.5 Å². The molecule has 1 amide bonds. The van der Waals surface area contributed by atoms with Gasteiger partial charge in [0.2, 0.25) is 0 Å². The van der Waals surface area contributed by atoms with Crippen molar-refractivity contribution < 1.29 is 14.3 Å². The molecule has 0 radical (unpaired) electrons. The Hall–Kier alpha value is -4.06. The second-order valence-electron chi connectivity index (χ2n) is 13.1. The molecule has 52 heavy (non-hydrogen) atoms. The van der Waals surface area contributed by atoms with E-state index in [9.17, 15) is 4.79 Å². The van der Waals surface area contributed by atoms with Gasteiger partial charge in [-0.3, -0.25) is 4.79 Å². The van der Waals surface area contributed by atoms with Crippen molar-refractivity contribution in [2.24, 2.45) is 4.99 Å². The summed E-state index contributed by atoms with van der Waals surface area (Å²) in [4.78, 5) is 21.6. The smallest absolute Gasteiger partial charge is 0.264 e. The van der Waals surface area contributed by atoms with Crippen molar-refractivity contribution in [2.75, 3.05) is 24.6 Å². The number of amidine groups is 1. The van der Waals surface area contributed by atoms with Gasteiger partial charge in [-0.05, 0) is 130 Å². The van der Waals surface area contributed by atoms with Gasteiger partial charge in [0, 0.05) is 35.1 Å². The first-order valence-corrected chi connectivity index (χ1v) is 20.3. The van der Waals surface area contributed by atoms with E-state index in [-0.39, 0.29) is 17.7 Å². The number of aliphatic imine (C=N–C) groups is 1. The van der Waals surface area contributed by atoms with Crippen molar-refractivity contribution in [3.05, 3.63) is 156 Å². The van der Waals surface area contributed by atoms with E-state index in [2.05, 4.69) is 122 Å². The van der Waals surface area contributed by atoms with E-state index >= 15 is 0 Å². The lowest BCUT2D eigenvalue weighted by molar-refractivity contribution is -0.115. The maximum absolute atomic E-state index is 13.4. The highest BCUT2D eigenvalue weighted by atomic mass is 127. The summed E-state index contributed by atoms with van der Waals surface area (Å²) in [7, 11) is 0. The zero-order valence-electron chi connectivity index (χ0n) is 28.7. The summed E-state index contributed by atoms with van der Waals surface area (Å²) in [6.45, 7) is 4.95. The van der Waals surface area contributed by atoms with Crippen LogP contribution in [0.15, 0.2) is 124 Å². The maximum Gasteiger partial charge on any atom is 0.264 e. The Bertz CT molecular complexity index is 2100. The van der Waals surface area contributed by atoms with Gasteiger partial charge in [-0.25, -0.2) is 4.99 Å². The number of benzene rings is 5. The highest BCUT2D eigenvalue weighted by Crippen LogP contribution is 2.50. The Morgan fingerprint density at radius 1 is 0.885 bits per heavy atom. The van der Waals surface area contributed by atoms with Gasteiger partial charge in [0.1, 0.15) is 6.61 Å². The molecule has 0 unspecified atom stereocenters. The molecule has 8 rings (SSSR count). The van der Waals surface area contributed by atoms with Gasteiger partial charge in [-0.2, -0.15) is 0 Å². The third kappa shape index (κ3) is 7.40. The molecule has 0 saturated carbocycles. The van der Waals surface area contributed by atoms with Crippen LogP contribution in [-0.2, 0) is 11.4 Å². The molecule has 9 heteroatoms. The first-order valence-electron chi connectivity index (χ1n) is 17.6. The first kappa shape index (κ1) is 35.0. The van der Waals surface area contributed by atoms with Gasteiger partial charge >= 0.3 is 0 Å². The molecule has 0 aliphatic carbocycles. The van der Waals surface area contributed by atoms with Crippen LogP contribution >= 0.6 is 50.3 Å². The molecule has 2 atom stereocenters. The number of nitrogens with one attached hydrogen (secondary N) is 1. The number of carbonyl (C=O) groups excluding carboxylic acids is 1. The second-order valence-corrected chi connectivity index (χ2v) is 16.2. The second kappa shape index (κ2) is 15.5. The monoisotopic (exact) mass is 881 g/mol. The number of rotatable bonds is 9. The number of ether oxygens (including phenoxy) is 2. The number of hydrogen-bond acceptors (Lipinski definition) is 6. The molecule has 0 spiro atoms. The van der Waals surface area contributed by atoms with Gasteiger partial charge in [0.05, 0.1) is 20.8 Å². The number of nitrogens with zero attached hydrogens (tertiary/aromatic N) is 2. The average Bonchev–Trinajstić information content (AvgIpc) is 3.50. The summed E-state index contributed by atoms with van der Waals surface area (Å²) in [5.74, 6) is 1.74. The summed E-state index contributed by atoms with van der Waals surface area (Å²) in [5.41, 5.74) is 9.44. The van der Waals surface area contributed by atoms with Crippen molar-refractivity contribution in [3.63, 3.8) is 0 Å². The molecule has 3 aliphatic rings. The SMILES string of the molecule is CCOc1cc(/C=C2\SC(=Nc3cc4c5c(c3)[C@@H](c3ccccc3)CCN5CC[C@@H]4c3ccccc3)NC2=O)cc(I)c1OCc1ccc(Br)cc1. The molecule has 5 aromatic carbocycles. The highest BCUT2D eigenvalue weighted by Gasteiger charge is 2.35. The Morgan fingerprint density at radius 2 is 1.52 bits per heavy atom. The fourth-order valence-electron chi connectivity index (χ4n) is 7.46. The molecule has 1 saturated heterocycles. The van der Waals surface area contributed by atoms with Crippen LogP contribution in [0.3, 0.4) is 0 Å². The predicted octanol–water partition coefficient (Wildman–Crippen LogP) is 10.8. The lowest BCUT2D eigenvalue weighted by Crippen LogP contribution is -2.37. The van der Waals surface area contributed by atoms with E-state index in [1.165, 1.54) is 39.7 Å². The van der Waals surface area contributed by atoms with Crippen LogP contribution in [0.25, 0.3) is 6.08 Å². The number of hydrogen-bond donors (Lipinski definition) is 1. The standard InChI is InChI=1S/C43H37BrIN3O3S/c1-2-50-38-22-28(21-37(45)41(38)51-26-27-13-15-31(44)16-14-27)23-39-42(49)47-43(52-39)46-32-24-35-33(29-9-5-3-6-10-29)17-19-48-20-18-34(36(25-32)40(35)48)30-11-7-4-8-12-30/h3-16,21-25,33-34H,2,17-20,26H2,1H3,(H,46,47,49)/b39-23-/t33-,34-/m1/s1. The van der Waals surface area contributed by atoms with Gasteiger partial charge in [-0.15, -0.1) is 0 Å². The van der Waals surface area contributed by atoms with Crippen LogP contribution < -0.4 is 19.7 Å². The molecular weight excluding hydrogens is 845 g/mol. The van der Waals surface area contributed by atoms with Crippen LogP contribution in [0.4, 0.5) is 11.4 Å². The minimum absolute atomic E-state index is 0.165. The van der Waals surface area contributed by atoms with Crippen LogP contribution in [0, 0.1) is 3.57 Å². The fourth-order valence-corrected chi connectivity index (χ4v) is 9.35. The predicted molar refractivity (Wildman–Crippen MR) is 224 cm³/mol.